The number of hydrogen-bond acceptors (Lipinski definition) is 3. The number of hydrogen-bond donors (Lipinski definition) is 1. The zero-order valence-electron chi connectivity index (χ0n) is 18.7. The van der Waals surface area contributed by atoms with Crippen molar-refractivity contribution in [2.45, 2.75) is 44.1 Å². The molecule has 1 N–H and O–H groups in total. The summed E-state index contributed by atoms with van der Waals surface area (Å²) in [5, 5.41) is 3.10. The van der Waals surface area contributed by atoms with Crippen molar-refractivity contribution >= 4 is 17.7 Å². The molecule has 0 radical (unpaired) electrons. The van der Waals surface area contributed by atoms with Crippen LogP contribution in [0.5, 0.6) is 0 Å². The number of fused-ring (bicyclic) bond motifs is 2. The fourth-order valence-corrected chi connectivity index (χ4v) is 6.66. The second-order valence-corrected chi connectivity index (χ2v) is 9.91. The molecule has 7 rings (SSSR count). The Hall–Kier alpha value is -3.21. The van der Waals surface area contributed by atoms with E-state index in [1.807, 2.05) is 12.2 Å². The van der Waals surface area contributed by atoms with Crippen molar-refractivity contribution < 1.29 is 14.4 Å². The van der Waals surface area contributed by atoms with Crippen molar-refractivity contribution in [1.82, 2.24) is 10.2 Å². The number of amides is 3. The zero-order valence-corrected chi connectivity index (χ0v) is 18.7. The second kappa shape index (κ2) is 7.68. The normalized spacial score (nSPS) is 30.0. The molecule has 4 atom stereocenters. The molecule has 0 spiro atoms. The van der Waals surface area contributed by atoms with Gasteiger partial charge in [0.25, 0.3) is 0 Å². The lowest BCUT2D eigenvalue weighted by Gasteiger charge is -2.45. The Balaban J connectivity index is 1.19. The van der Waals surface area contributed by atoms with Crippen molar-refractivity contribution in [3.8, 4) is 0 Å². The van der Waals surface area contributed by atoms with Gasteiger partial charge in [-0.05, 0) is 54.4 Å². The first-order valence-electron chi connectivity index (χ1n) is 12.0. The molecule has 0 saturated carbocycles. The standard InChI is InChI=1S/C28H28N2O3/c1-16(30-27(32)22-12-6-7-13-23(22)28(30)33)26(31)29-15-17-14-24-18-8-2-4-10-20(18)25(17)21-11-5-3-9-19(21)24/h2-11,16-17,22-25H,12-15H2,1H3,(H,29,31)/t16-,17-,22-,23+,24?,25?/m1/s1. The minimum absolute atomic E-state index is 0.198. The smallest absolute Gasteiger partial charge is 0.243 e. The minimum atomic E-state index is -0.782. The summed E-state index contributed by atoms with van der Waals surface area (Å²) in [7, 11) is 0. The van der Waals surface area contributed by atoms with Gasteiger partial charge in [-0.25, -0.2) is 0 Å². The summed E-state index contributed by atoms with van der Waals surface area (Å²) in [6.45, 7) is 2.21. The number of benzene rings is 2. The van der Waals surface area contributed by atoms with Gasteiger partial charge in [-0.1, -0.05) is 60.7 Å². The van der Waals surface area contributed by atoms with Crippen LogP contribution in [0.3, 0.4) is 0 Å². The zero-order chi connectivity index (χ0) is 22.7. The Morgan fingerprint density at radius 1 is 0.909 bits per heavy atom. The summed E-state index contributed by atoms with van der Waals surface area (Å²) < 4.78 is 0. The molecule has 0 unspecified atom stereocenters. The van der Waals surface area contributed by atoms with Crippen molar-refractivity contribution in [2.24, 2.45) is 17.8 Å². The van der Waals surface area contributed by atoms with Gasteiger partial charge in [-0.15, -0.1) is 0 Å². The predicted molar refractivity (Wildman–Crippen MR) is 124 cm³/mol. The number of carbonyl (C=O) groups excluding carboxylic acids is 3. The molecule has 1 heterocycles. The van der Waals surface area contributed by atoms with E-state index in [0.29, 0.717) is 25.3 Å². The van der Waals surface area contributed by atoms with Gasteiger partial charge in [0.1, 0.15) is 6.04 Å². The van der Waals surface area contributed by atoms with E-state index in [-0.39, 0.29) is 41.4 Å². The van der Waals surface area contributed by atoms with Gasteiger partial charge in [-0.3, -0.25) is 19.3 Å². The number of nitrogens with one attached hydrogen (secondary N) is 1. The summed E-state index contributed by atoms with van der Waals surface area (Å²) >= 11 is 0. The Morgan fingerprint density at radius 3 is 1.97 bits per heavy atom. The van der Waals surface area contributed by atoms with Gasteiger partial charge >= 0.3 is 0 Å². The first kappa shape index (κ1) is 20.4. The maximum atomic E-state index is 13.1. The molecule has 2 aromatic rings. The SMILES string of the molecule is C[C@H](C(=O)NC[C@H]1CC2c3ccccc3C1c1ccccc12)N1C(=O)[C@H]2CC=CC[C@H]2C1=O. The molecule has 1 saturated heterocycles. The number of allylic oxidation sites excluding steroid dienone is 2. The molecule has 33 heavy (non-hydrogen) atoms. The number of imide groups is 1. The Kier molecular flexibility index (Phi) is 4.75. The summed E-state index contributed by atoms with van der Waals surface area (Å²) in [4.78, 5) is 40.1. The highest BCUT2D eigenvalue weighted by atomic mass is 16.2. The fourth-order valence-electron chi connectivity index (χ4n) is 6.66. The highest BCUT2D eigenvalue weighted by Crippen LogP contribution is 2.55. The van der Waals surface area contributed by atoms with E-state index in [9.17, 15) is 14.4 Å². The van der Waals surface area contributed by atoms with E-state index in [2.05, 4.69) is 53.8 Å². The predicted octanol–water partition coefficient (Wildman–Crippen LogP) is 3.74. The molecular weight excluding hydrogens is 412 g/mol. The Bertz CT molecular complexity index is 1110. The summed E-state index contributed by atoms with van der Waals surface area (Å²) in [5.41, 5.74) is 5.53. The molecule has 2 bridgehead atoms. The molecule has 5 nitrogen and oxygen atoms in total. The van der Waals surface area contributed by atoms with Gasteiger partial charge in [0.05, 0.1) is 11.8 Å². The lowest BCUT2D eigenvalue weighted by molar-refractivity contribution is -0.147. The average molecular weight is 441 g/mol. The van der Waals surface area contributed by atoms with Crippen LogP contribution in [0, 0.1) is 17.8 Å². The van der Waals surface area contributed by atoms with E-state index in [1.165, 1.54) is 27.2 Å². The lowest BCUT2D eigenvalue weighted by Crippen LogP contribution is -2.50. The Morgan fingerprint density at radius 2 is 1.42 bits per heavy atom. The highest BCUT2D eigenvalue weighted by Gasteiger charge is 2.50. The molecule has 4 aliphatic carbocycles. The van der Waals surface area contributed by atoms with Gasteiger partial charge in [0, 0.05) is 18.4 Å². The van der Waals surface area contributed by atoms with E-state index >= 15 is 0 Å². The molecule has 3 amide bonds. The van der Waals surface area contributed by atoms with Crippen LogP contribution in [0.1, 0.15) is 60.3 Å². The maximum Gasteiger partial charge on any atom is 0.243 e. The van der Waals surface area contributed by atoms with Crippen molar-refractivity contribution in [3.63, 3.8) is 0 Å². The minimum Gasteiger partial charge on any atom is -0.354 e. The molecule has 5 aliphatic rings. The molecule has 5 heteroatoms. The summed E-state index contributed by atoms with van der Waals surface area (Å²) in [6, 6.07) is 16.5. The van der Waals surface area contributed by atoms with E-state index in [0.717, 1.165) is 6.42 Å². The first-order valence-corrected chi connectivity index (χ1v) is 12.0. The fraction of sp³-hybridized carbons (Fsp3) is 0.393. The largest absolute Gasteiger partial charge is 0.354 e. The van der Waals surface area contributed by atoms with Crippen LogP contribution in [-0.4, -0.2) is 35.2 Å². The maximum absolute atomic E-state index is 13.1. The molecule has 1 fully saturated rings. The summed E-state index contributed by atoms with van der Waals surface area (Å²) in [5.74, 6) is -0.368. The van der Waals surface area contributed by atoms with E-state index in [1.54, 1.807) is 6.92 Å². The van der Waals surface area contributed by atoms with Gasteiger partial charge in [0.2, 0.25) is 17.7 Å². The number of nitrogens with zero attached hydrogens (tertiary/aromatic N) is 1. The van der Waals surface area contributed by atoms with E-state index < -0.39 is 6.04 Å². The van der Waals surface area contributed by atoms with Gasteiger partial charge in [0.15, 0.2) is 0 Å². The summed E-state index contributed by atoms with van der Waals surface area (Å²) in [6.07, 6.45) is 6.10. The van der Waals surface area contributed by atoms with Crippen LogP contribution in [0.25, 0.3) is 0 Å². The van der Waals surface area contributed by atoms with Gasteiger partial charge < -0.3 is 5.32 Å². The third kappa shape index (κ3) is 3.01. The highest BCUT2D eigenvalue weighted by molar-refractivity contribution is 6.08. The lowest BCUT2D eigenvalue weighted by atomic mass is 9.59. The number of carbonyl (C=O) groups is 3. The molecule has 168 valence electrons. The number of rotatable bonds is 4. The van der Waals surface area contributed by atoms with Crippen LogP contribution in [0.15, 0.2) is 60.7 Å². The van der Waals surface area contributed by atoms with E-state index in [4.69, 9.17) is 0 Å². The quantitative estimate of drug-likeness (QED) is 0.582. The Labute approximate surface area is 193 Å². The number of likely N-dealkylation sites (tertiary alicyclic amines) is 1. The van der Waals surface area contributed by atoms with Crippen molar-refractivity contribution in [3.05, 3.63) is 82.9 Å². The van der Waals surface area contributed by atoms with Crippen LogP contribution < -0.4 is 5.32 Å². The topological polar surface area (TPSA) is 66.5 Å². The monoisotopic (exact) mass is 440 g/mol. The van der Waals surface area contributed by atoms with Crippen LogP contribution in [-0.2, 0) is 14.4 Å². The van der Waals surface area contributed by atoms with Gasteiger partial charge in [-0.2, -0.15) is 0 Å². The van der Waals surface area contributed by atoms with Crippen molar-refractivity contribution in [2.75, 3.05) is 6.54 Å². The molecular formula is C28H28N2O3. The third-order valence-electron chi connectivity index (χ3n) is 8.27. The first-order chi connectivity index (χ1) is 16.1. The third-order valence-corrected chi connectivity index (χ3v) is 8.27. The molecule has 2 aromatic carbocycles. The van der Waals surface area contributed by atoms with Crippen molar-refractivity contribution in [1.29, 1.82) is 0 Å². The van der Waals surface area contributed by atoms with Crippen LogP contribution in [0.4, 0.5) is 0 Å². The second-order valence-electron chi connectivity index (χ2n) is 9.91. The van der Waals surface area contributed by atoms with Crippen LogP contribution >= 0.6 is 0 Å². The van der Waals surface area contributed by atoms with Crippen LogP contribution in [0.2, 0.25) is 0 Å². The molecule has 1 aliphatic heterocycles. The molecule has 0 aromatic heterocycles. The average Bonchev–Trinajstić information content (AvgIpc) is 3.12.